The predicted octanol–water partition coefficient (Wildman–Crippen LogP) is 3.55. The number of benzene rings is 1. The molecule has 0 amide bonds. The van der Waals surface area contributed by atoms with Gasteiger partial charge in [0.1, 0.15) is 0 Å². The molecule has 12 heavy (non-hydrogen) atoms. The normalized spacial score (nSPS) is 10.5. The zero-order valence-corrected chi connectivity index (χ0v) is 9.57. The van der Waals surface area contributed by atoms with Crippen LogP contribution in [0, 0.1) is 3.57 Å². The van der Waals surface area contributed by atoms with Crippen LogP contribution in [0.15, 0.2) is 23.6 Å². The molecule has 0 spiro atoms. The summed E-state index contributed by atoms with van der Waals surface area (Å²) in [5.41, 5.74) is 1.22. The van der Waals surface area contributed by atoms with E-state index in [4.69, 9.17) is 0 Å². The number of anilines is 1. The van der Waals surface area contributed by atoms with Gasteiger partial charge in [0.2, 0.25) is 0 Å². The van der Waals surface area contributed by atoms with E-state index >= 15 is 0 Å². The summed E-state index contributed by atoms with van der Waals surface area (Å²) in [7, 11) is 1.96. The molecule has 0 aliphatic carbocycles. The molecule has 2 aromatic rings. The number of hydrogen-bond donors (Lipinski definition) is 1. The largest absolute Gasteiger partial charge is 0.388 e. The molecule has 0 aliphatic rings. The molecule has 0 fully saturated rings. The Labute approximate surface area is 88.9 Å². The van der Waals surface area contributed by atoms with Crippen molar-refractivity contribution in [2.75, 3.05) is 12.4 Å². The molecule has 1 heterocycles. The van der Waals surface area contributed by atoms with Gasteiger partial charge in [0.05, 0.1) is 0 Å². The Bertz CT molecular complexity index is 408. The first-order valence-electron chi connectivity index (χ1n) is 3.66. The van der Waals surface area contributed by atoms with Crippen LogP contribution in [-0.2, 0) is 0 Å². The first-order chi connectivity index (χ1) is 5.83. The molecule has 1 aromatic heterocycles. The molecule has 1 aromatic carbocycles. The van der Waals surface area contributed by atoms with Crippen molar-refractivity contribution in [3.63, 3.8) is 0 Å². The third kappa shape index (κ3) is 1.21. The van der Waals surface area contributed by atoms with E-state index in [1.54, 1.807) is 11.3 Å². The highest BCUT2D eigenvalue weighted by Gasteiger charge is 2.04. The summed E-state index contributed by atoms with van der Waals surface area (Å²) in [6.07, 6.45) is 0. The molecule has 0 saturated heterocycles. The molecule has 0 aliphatic heterocycles. The SMILES string of the molecule is CNc1cccc2scc(I)c12. The summed E-state index contributed by atoms with van der Waals surface area (Å²) < 4.78 is 2.68. The van der Waals surface area contributed by atoms with E-state index in [2.05, 4.69) is 51.5 Å². The van der Waals surface area contributed by atoms with Crippen LogP contribution in [-0.4, -0.2) is 7.05 Å². The van der Waals surface area contributed by atoms with E-state index in [-0.39, 0.29) is 0 Å². The summed E-state index contributed by atoms with van der Waals surface area (Å²) in [6.45, 7) is 0. The molecule has 0 bridgehead atoms. The summed E-state index contributed by atoms with van der Waals surface area (Å²) in [5.74, 6) is 0. The lowest BCUT2D eigenvalue weighted by atomic mass is 10.2. The quantitative estimate of drug-likeness (QED) is 0.792. The lowest BCUT2D eigenvalue weighted by Crippen LogP contribution is -1.87. The van der Waals surface area contributed by atoms with Gasteiger partial charge in [-0.25, -0.2) is 0 Å². The van der Waals surface area contributed by atoms with Crippen molar-refractivity contribution < 1.29 is 0 Å². The highest BCUT2D eigenvalue weighted by Crippen LogP contribution is 2.32. The van der Waals surface area contributed by atoms with Gasteiger partial charge in [-0.3, -0.25) is 0 Å². The maximum atomic E-state index is 3.20. The van der Waals surface area contributed by atoms with Crippen LogP contribution in [0.3, 0.4) is 0 Å². The lowest BCUT2D eigenvalue weighted by molar-refractivity contribution is 1.55. The van der Waals surface area contributed by atoms with Crippen LogP contribution < -0.4 is 5.32 Å². The second kappa shape index (κ2) is 3.22. The van der Waals surface area contributed by atoms with Crippen LogP contribution in [0.5, 0.6) is 0 Å². The van der Waals surface area contributed by atoms with E-state index in [0.29, 0.717) is 0 Å². The molecule has 62 valence electrons. The summed E-state index contributed by atoms with van der Waals surface area (Å²) in [4.78, 5) is 0. The topological polar surface area (TPSA) is 12.0 Å². The zero-order valence-electron chi connectivity index (χ0n) is 6.60. The maximum Gasteiger partial charge on any atom is 0.0436 e. The van der Waals surface area contributed by atoms with Gasteiger partial charge in [0.25, 0.3) is 0 Å². The Hall–Kier alpha value is -0.290. The van der Waals surface area contributed by atoms with E-state index in [1.807, 2.05) is 7.05 Å². The number of nitrogens with one attached hydrogen (secondary N) is 1. The van der Waals surface area contributed by atoms with Gasteiger partial charge < -0.3 is 5.32 Å². The monoisotopic (exact) mass is 289 g/mol. The summed E-state index contributed by atoms with van der Waals surface area (Å²) >= 11 is 4.17. The van der Waals surface area contributed by atoms with Gasteiger partial charge >= 0.3 is 0 Å². The van der Waals surface area contributed by atoms with E-state index in [9.17, 15) is 0 Å². The van der Waals surface area contributed by atoms with Gasteiger partial charge in [0.15, 0.2) is 0 Å². The van der Waals surface area contributed by atoms with Gasteiger partial charge in [0, 0.05) is 31.8 Å². The van der Waals surface area contributed by atoms with Crippen LogP contribution in [0.4, 0.5) is 5.69 Å². The van der Waals surface area contributed by atoms with Crippen molar-refractivity contribution in [2.45, 2.75) is 0 Å². The molecule has 3 heteroatoms. The summed E-state index contributed by atoms with van der Waals surface area (Å²) in [5, 5.41) is 6.74. The van der Waals surface area contributed by atoms with Gasteiger partial charge in [-0.1, -0.05) is 6.07 Å². The predicted molar refractivity (Wildman–Crippen MR) is 64.1 cm³/mol. The minimum Gasteiger partial charge on any atom is -0.388 e. The zero-order chi connectivity index (χ0) is 8.55. The Morgan fingerprint density at radius 1 is 1.42 bits per heavy atom. The fraction of sp³-hybridized carbons (Fsp3) is 0.111. The first-order valence-corrected chi connectivity index (χ1v) is 5.62. The Balaban J connectivity index is 2.84. The molecular weight excluding hydrogens is 281 g/mol. The highest BCUT2D eigenvalue weighted by molar-refractivity contribution is 14.1. The molecule has 0 atom stereocenters. The van der Waals surface area contributed by atoms with Crippen molar-refractivity contribution in [3.8, 4) is 0 Å². The molecule has 1 nitrogen and oxygen atoms in total. The van der Waals surface area contributed by atoms with Gasteiger partial charge in [-0.05, 0) is 34.7 Å². The molecular formula is C9H8INS. The average Bonchev–Trinajstić information content (AvgIpc) is 2.48. The fourth-order valence-electron chi connectivity index (χ4n) is 1.26. The molecule has 0 saturated carbocycles. The molecule has 0 radical (unpaired) electrons. The smallest absolute Gasteiger partial charge is 0.0436 e. The van der Waals surface area contributed by atoms with Crippen molar-refractivity contribution >= 4 is 49.7 Å². The van der Waals surface area contributed by atoms with Crippen molar-refractivity contribution in [3.05, 3.63) is 27.1 Å². The average molecular weight is 289 g/mol. The minimum atomic E-state index is 1.22. The van der Waals surface area contributed by atoms with Crippen molar-refractivity contribution in [2.24, 2.45) is 0 Å². The minimum absolute atomic E-state index is 1.22. The third-order valence-corrected chi connectivity index (χ3v) is 4.04. The van der Waals surface area contributed by atoms with Gasteiger partial charge in [-0.2, -0.15) is 0 Å². The fourth-order valence-corrected chi connectivity index (χ4v) is 3.25. The molecule has 0 unspecified atom stereocenters. The van der Waals surface area contributed by atoms with Crippen LogP contribution in [0.1, 0.15) is 0 Å². The standard InChI is InChI=1S/C9H8INS/c1-11-7-3-2-4-8-9(7)6(10)5-12-8/h2-5,11H,1H3. The third-order valence-electron chi connectivity index (χ3n) is 1.82. The number of halogens is 1. The maximum absolute atomic E-state index is 3.20. The van der Waals surface area contributed by atoms with Gasteiger partial charge in [-0.15, -0.1) is 11.3 Å². The molecule has 2 rings (SSSR count). The highest BCUT2D eigenvalue weighted by atomic mass is 127. The second-order valence-corrected chi connectivity index (χ2v) is 4.59. The Kier molecular flexibility index (Phi) is 2.23. The van der Waals surface area contributed by atoms with E-state index in [0.717, 1.165) is 0 Å². The van der Waals surface area contributed by atoms with Crippen molar-refractivity contribution in [1.29, 1.82) is 0 Å². The lowest BCUT2D eigenvalue weighted by Gasteiger charge is -2.01. The van der Waals surface area contributed by atoms with Crippen LogP contribution >= 0.6 is 33.9 Å². The van der Waals surface area contributed by atoms with Crippen LogP contribution in [0.2, 0.25) is 0 Å². The van der Waals surface area contributed by atoms with E-state index < -0.39 is 0 Å². The number of thiophene rings is 1. The van der Waals surface area contributed by atoms with Crippen molar-refractivity contribution in [1.82, 2.24) is 0 Å². The summed E-state index contributed by atoms with van der Waals surface area (Å²) in [6, 6.07) is 6.35. The second-order valence-electron chi connectivity index (χ2n) is 2.51. The van der Waals surface area contributed by atoms with Crippen LogP contribution in [0.25, 0.3) is 10.1 Å². The first kappa shape index (κ1) is 8.31. The number of rotatable bonds is 1. The Morgan fingerprint density at radius 2 is 2.25 bits per heavy atom. The number of hydrogen-bond acceptors (Lipinski definition) is 2. The number of fused-ring (bicyclic) bond motifs is 1. The van der Waals surface area contributed by atoms with E-state index in [1.165, 1.54) is 19.3 Å². The molecule has 1 N–H and O–H groups in total. The Morgan fingerprint density at radius 3 is 3.00 bits per heavy atom.